The van der Waals surface area contributed by atoms with E-state index in [0.29, 0.717) is 6.61 Å². The Labute approximate surface area is 126 Å². The number of ether oxygens (including phenoxy) is 3. The smallest absolute Gasteiger partial charge is 0.330 e. The minimum Gasteiger partial charge on any atom is -0.463 e. The van der Waals surface area contributed by atoms with Crippen molar-refractivity contribution in [3.8, 4) is 0 Å². The number of hydrogen-bond acceptors (Lipinski definition) is 5. The Bertz CT molecular complexity index is 403. The van der Waals surface area contributed by atoms with Gasteiger partial charge in [0, 0.05) is 13.0 Å². The Kier molecular flexibility index (Phi) is 6.40. The van der Waals surface area contributed by atoms with Crippen LogP contribution in [-0.4, -0.2) is 36.4 Å². The molecule has 0 radical (unpaired) electrons. The van der Waals surface area contributed by atoms with E-state index in [9.17, 15) is 9.59 Å². The quantitative estimate of drug-likeness (QED) is 0.577. The first-order valence-corrected chi connectivity index (χ1v) is 7.53. The minimum atomic E-state index is -0.823. The lowest BCUT2D eigenvalue weighted by Gasteiger charge is -2.45. The third-order valence-corrected chi connectivity index (χ3v) is 3.72. The highest BCUT2D eigenvalue weighted by atomic mass is 16.6. The number of esters is 2. The monoisotopic (exact) mass is 298 g/mol. The summed E-state index contributed by atoms with van der Waals surface area (Å²) >= 11 is 0. The molecule has 1 rings (SSSR count). The summed E-state index contributed by atoms with van der Waals surface area (Å²) in [5, 5.41) is 0. The van der Waals surface area contributed by atoms with E-state index >= 15 is 0 Å². The van der Waals surface area contributed by atoms with Crippen LogP contribution in [0.25, 0.3) is 0 Å². The zero-order valence-corrected chi connectivity index (χ0v) is 13.5. The Morgan fingerprint density at radius 2 is 2.05 bits per heavy atom. The number of hydrogen-bond donors (Lipinski definition) is 0. The maximum Gasteiger partial charge on any atom is 0.330 e. The van der Waals surface area contributed by atoms with Gasteiger partial charge in [-0.3, -0.25) is 4.79 Å². The van der Waals surface area contributed by atoms with E-state index in [-0.39, 0.29) is 18.0 Å². The third kappa shape index (κ3) is 4.84. The van der Waals surface area contributed by atoms with Gasteiger partial charge in [-0.25, -0.2) is 4.79 Å². The van der Waals surface area contributed by atoms with Crippen molar-refractivity contribution in [2.45, 2.75) is 65.3 Å². The van der Waals surface area contributed by atoms with E-state index in [2.05, 4.69) is 6.92 Å². The first kappa shape index (κ1) is 17.7. The van der Waals surface area contributed by atoms with Gasteiger partial charge in [0.25, 0.3) is 0 Å². The standard InChI is InChI=1S/C16H26O5/c1-6-13-10-11(3)15(20-12(4)17)16(5,21-13)9-8-14(18)19-7-2/h8-9,11,13,15H,6-7,10H2,1-5H3/b9-8+/t11-,13+,15+,16-/m1/s1. The fourth-order valence-electron chi connectivity index (χ4n) is 2.80. The Morgan fingerprint density at radius 1 is 1.38 bits per heavy atom. The molecule has 0 saturated carbocycles. The fourth-order valence-corrected chi connectivity index (χ4v) is 2.80. The van der Waals surface area contributed by atoms with E-state index in [1.165, 1.54) is 13.0 Å². The topological polar surface area (TPSA) is 61.8 Å². The molecule has 0 spiro atoms. The molecule has 0 unspecified atom stereocenters. The molecule has 1 heterocycles. The van der Waals surface area contributed by atoms with Crippen molar-refractivity contribution in [1.82, 2.24) is 0 Å². The van der Waals surface area contributed by atoms with E-state index < -0.39 is 17.7 Å². The number of carbonyl (C=O) groups is 2. The molecule has 0 bridgehead atoms. The van der Waals surface area contributed by atoms with Gasteiger partial charge in [0.15, 0.2) is 0 Å². The zero-order valence-electron chi connectivity index (χ0n) is 13.5. The fraction of sp³-hybridized carbons (Fsp3) is 0.750. The van der Waals surface area contributed by atoms with Crippen LogP contribution in [0.1, 0.15) is 47.5 Å². The van der Waals surface area contributed by atoms with Gasteiger partial charge in [-0.15, -0.1) is 0 Å². The van der Waals surface area contributed by atoms with Gasteiger partial charge >= 0.3 is 11.9 Å². The van der Waals surface area contributed by atoms with Crippen LogP contribution in [0.3, 0.4) is 0 Å². The van der Waals surface area contributed by atoms with Crippen LogP contribution in [0.5, 0.6) is 0 Å². The van der Waals surface area contributed by atoms with Crippen LogP contribution in [0.15, 0.2) is 12.2 Å². The van der Waals surface area contributed by atoms with Crippen LogP contribution in [0, 0.1) is 5.92 Å². The van der Waals surface area contributed by atoms with Gasteiger partial charge in [0.2, 0.25) is 0 Å². The molecule has 1 aliphatic heterocycles. The molecule has 1 aliphatic rings. The average Bonchev–Trinajstić information content (AvgIpc) is 2.41. The first-order chi connectivity index (χ1) is 9.82. The molecule has 0 aromatic carbocycles. The molecule has 120 valence electrons. The van der Waals surface area contributed by atoms with Gasteiger partial charge in [-0.2, -0.15) is 0 Å². The molecule has 0 N–H and O–H groups in total. The summed E-state index contributed by atoms with van der Waals surface area (Å²) in [5.41, 5.74) is -0.823. The lowest BCUT2D eigenvalue weighted by molar-refractivity contribution is -0.200. The highest BCUT2D eigenvalue weighted by molar-refractivity contribution is 5.82. The lowest BCUT2D eigenvalue weighted by atomic mass is 9.81. The van der Waals surface area contributed by atoms with Crippen LogP contribution in [0.2, 0.25) is 0 Å². The summed E-state index contributed by atoms with van der Waals surface area (Å²) in [6.07, 6.45) is 4.38. The van der Waals surface area contributed by atoms with Gasteiger partial charge in [-0.1, -0.05) is 13.8 Å². The Morgan fingerprint density at radius 3 is 2.57 bits per heavy atom. The average molecular weight is 298 g/mol. The second-order valence-electron chi connectivity index (χ2n) is 5.66. The van der Waals surface area contributed by atoms with Gasteiger partial charge < -0.3 is 14.2 Å². The van der Waals surface area contributed by atoms with E-state index in [0.717, 1.165) is 12.8 Å². The Balaban J connectivity index is 2.96. The summed E-state index contributed by atoms with van der Waals surface area (Å²) in [6.45, 7) is 9.39. The van der Waals surface area contributed by atoms with E-state index in [1.54, 1.807) is 13.0 Å². The van der Waals surface area contributed by atoms with Crippen LogP contribution in [-0.2, 0) is 23.8 Å². The largest absolute Gasteiger partial charge is 0.463 e. The van der Waals surface area contributed by atoms with Crippen molar-refractivity contribution in [3.63, 3.8) is 0 Å². The summed E-state index contributed by atoms with van der Waals surface area (Å²) in [6, 6.07) is 0. The molecule has 21 heavy (non-hydrogen) atoms. The molecule has 1 saturated heterocycles. The molecule has 0 amide bonds. The van der Waals surface area contributed by atoms with E-state index in [1.807, 2.05) is 13.8 Å². The van der Waals surface area contributed by atoms with E-state index in [4.69, 9.17) is 14.2 Å². The molecular formula is C16H26O5. The second-order valence-corrected chi connectivity index (χ2v) is 5.66. The van der Waals surface area contributed by atoms with Crippen molar-refractivity contribution in [2.75, 3.05) is 6.61 Å². The van der Waals surface area contributed by atoms with Crippen molar-refractivity contribution >= 4 is 11.9 Å². The van der Waals surface area contributed by atoms with Crippen LogP contribution < -0.4 is 0 Å². The van der Waals surface area contributed by atoms with Crippen molar-refractivity contribution < 1.29 is 23.8 Å². The van der Waals surface area contributed by atoms with Gasteiger partial charge in [0.1, 0.15) is 11.7 Å². The predicted octanol–water partition coefficient (Wildman–Crippen LogP) is 2.63. The number of carbonyl (C=O) groups excluding carboxylic acids is 2. The second kappa shape index (κ2) is 7.59. The molecule has 4 atom stereocenters. The lowest BCUT2D eigenvalue weighted by Crippen LogP contribution is -2.53. The van der Waals surface area contributed by atoms with Crippen LogP contribution >= 0.6 is 0 Å². The normalized spacial score (nSPS) is 32.9. The minimum absolute atomic E-state index is 0.0867. The highest BCUT2D eigenvalue weighted by Crippen LogP contribution is 2.37. The van der Waals surface area contributed by atoms with Crippen LogP contribution in [0.4, 0.5) is 0 Å². The molecule has 5 heteroatoms. The number of rotatable bonds is 5. The summed E-state index contributed by atoms with van der Waals surface area (Å²) in [4.78, 5) is 22.9. The molecule has 0 aromatic rings. The molecule has 5 nitrogen and oxygen atoms in total. The first-order valence-electron chi connectivity index (χ1n) is 7.53. The maximum absolute atomic E-state index is 11.5. The van der Waals surface area contributed by atoms with Crippen molar-refractivity contribution in [2.24, 2.45) is 5.92 Å². The maximum atomic E-state index is 11.5. The molecular weight excluding hydrogens is 272 g/mol. The van der Waals surface area contributed by atoms with Crippen molar-refractivity contribution in [3.05, 3.63) is 12.2 Å². The summed E-state index contributed by atoms with van der Waals surface area (Å²) in [7, 11) is 0. The summed E-state index contributed by atoms with van der Waals surface area (Å²) in [5.74, 6) is -0.610. The third-order valence-electron chi connectivity index (χ3n) is 3.72. The SMILES string of the molecule is CCOC(=O)/C=C/[C@@]1(C)O[C@@H](CC)C[C@@H](C)[C@@H]1OC(C)=O. The van der Waals surface area contributed by atoms with Gasteiger partial charge in [0.05, 0.1) is 12.7 Å². The molecule has 1 fully saturated rings. The van der Waals surface area contributed by atoms with Crippen molar-refractivity contribution in [1.29, 1.82) is 0 Å². The highest BCUT2D eigenvalue weighted by Gasteiger charge is 2.45. The molecule has 0 aromatic heterocycles. The summed E-state index contributed by atoms with van der Waals surface area (Å²) < 4.78 is 16.4. The predicted molar refractivity (Wildman–Crippen MR) is 78.7 cm³/mol. The van der Waals surface area contributed by atoms with Gasteiger partial charge in [-0.05, 0) is 38.7 Å². The Hall–Kier alpha value is -1.36. The molecule has 0 aliphatic carbocycles. The zero-order chi connectivity index (χ0) is 16.0.